The van der Waals surface area contributed by atoms with Gasteiger partial charge in [-0.05, 0) is 18.4 Å². The lowest BCUT2D eigenvalue weighted by Gasteiger charge is -1.93. The predicted molar refractivity (Wildman–Crippen MR) is 53.4 cm³/mol. The van der Waals surface area contributed by atoms with E-state index in [1.54, 1.807) is 24.1 Å². The summed E-state index contributed by atoms with van der Waals surface area (Å²) < 4.78 is 18.0. The van der Waals surface area contributed by atoms with Gasteiger partial charge in [0.1, 0.15) is 11.4 Å². The molecule has 0 saturated heterocycles. The normalized spacial score (nSPS) is 10.9. The van der Waals surface area contributed by atoms with Crippen LogP contribution in [0.3, 0.4) is 0 Å². The van der Waals surface area contributed by atoms with Gasteiger partial charge in [0.2, 0.25) is 0 Å². The second-order valence-corrected chi connectivity index (χ2v) is 3.70. The molecule has 0 unspecified atom stereocenters. The molecule has 13 heavy (non-hydrogen) atoms. The first-order valence-corrected chi connectivity index (χ1v) is 5.35. The van der Waals surface area contributed by atoms with Gasteiger partial charge in [-0.15, -0.1) is 0 Å². The zero-order valence-electron chi connectivity index (χ0n) is 7.21. The van der Waals surface area contributed by atoms with Gasteiger partial charge >= 0.3 is 0 Å². The lowest BCUT2D eigenvalue weighted by Crippen LogP contribution is -1.76. The van der Waals surface area contributed by atoms with Crippen LogP contribution >= 0.6 is 11.8 Å². The number of rotatable bonds is 2. The van der Waals surface area contributed by atoms with E-state index >= 15 is 0 Å². The number of benzene rings is 1. The molecule has 0 bridgehead atoms. The first-order valence-electron chi connectivity index (χ1n) is 3.96. The van der Waals surface area contributed by atoms with Crippen molar-refractivity contribution in [1.29, 1.82) is 0 Å². The molecule has 0 N–H and O–H groups in total. The van der Waals surface area contributed by atoms with Gasteiger partial charge in [0.25, 0.3) is 0 Å². The molecular formula is C10H9FOS. The zero-order valence-corrected chi connectivity index (χ0v) is 8.03. The molecular weight excluding hydrogens is 187 g/mol. The molecule has 0 spiro atoms. The van der Waals surface area contributed by atoms with E-state index < -0.39 is 0 Å². The molecule has 0 fully saturated rings. The van der Waals surface area contributed by atoms with E-state index in [-0.39, 0.29) is 5.82 Å². The van der Waals surface area contributed by atoms with Crippen LogP contribution in [0.15, 0.2) is 28.9 Å². The van der Waals surface area contributed by atoms with Gasteiger partial charge in [-0.25, -0.2) is 4.39 Å². The molecule has 1 aromatic heterocycles. The fraction of sp³-hybridized carbons (Fsp3) is 0.200. The van der Waals surface area contributed by atoms with Crippen molar-refractivity contribution in [2.24, 2.45) is 0 Å². The van der Waals surface area contributed by atoms with E-state index in [0.29, 0.717) is 5.58 Å². The highest BCUT2D eigenvalue weighted by atomic mass is 32.2. The summed E-state index contributed by atoms with van der Waals surface area (Å²) in [5, 5.41) is 1.01. The van der Waals surface area contributed by atoms with E-state index in [0.717, 1.165) is 16.7 Å². The predicted octanol–water partition coefficient (Wildman–Crippen LogP) is 3.43. The van der Waals surface area contributed by atoms with Crippen LogP contribution in [0.1, 0.15) is 5.56 Å². The number of hydrogen-bond donors (Lipinski definition) is 0. The van der Waals surface area contributed by atoms with Crippen LogP contribution in [0.25, 0.3) is 11.0 Å². The quantitative estimate of drug-likeness (QED) is 0.730. The maximum Gasteiger partial charge on any atom is 0.137 e. The van der Waals surface area contributed by atoms with Gasteiger partial charge in [-0.2, -0.15) is 11.8 Å². The summed E-state index contributed by atoms with van der Waals surface area (Å²) >= 11 is 1.72. The van der Waals surface area contributed by atoms with Crippen LogP contribution in [0.4, 0.5) is 4.39 Å². The Kier molecular flexibility index (Phi) is 2.27. The Labute approximate surface area is 79.9 Å². The molecule has 68 valence electrons. The molecule has 0 atom stereocenters. The minimum absolute atomic E-state index is 0.252. The molecule has 1 heterocycles. The molecule has 0 aliphatic heterocycles. The number of furan rings is 1. The van der Waals surface area contributed by atoms with Gasteiger partial charge in [0, 0.05) is 22.8 Å². The molecule has 0 radical (unpaired) electrons. The largest absolute Gasteiger partial charge is 0.464 e. The molecule has 0 saturated carbocycles. The van der Waals surface area contributed by atoms with Gasteiger partial charge < -0.3 is 4.42 Å². The minimum Gasteiger partial charge on any atom is -0.464 e. The smallest absolute Gasteiger partial charge is 0.137 e. The third kappa shape index (κ3) is 1.56. The Hall–Kier alpha value is -0.960. The Balaban J connectivity index is 2.55. The van der Waals surface area contributed by atoms with Crippen molar-refractivity contribution < 1.29 is 8.81 Å². The average Bonchev–Trinajstić information content (AvgIpc) is 2.49. The van der Waals surface area contributed by atoms with Gasteiger partial charge in [0.15, 0.2) is 0 Å². The summed E-state index contributed by atoms with van der Waals surface area (Å²) in [4.78, 5) is 0. The zero-order chi connectivity index (χ0) is 9.26. The lowest BCUT2D eigenvalue weighted by molar-refractivity contribution is 0.597. The third-order valence-corrected chi connectivity index (χ3v) is 2.52. The van der Waals surface area contributed by atoms with Crippen LogP contribution in [0.2, 0.25) is 0 Å². The van der Waals surface area contributed by atoms with Crippen molar-refractivity contribution in [1.82, 2.24) is 0 Å². The number of halogens is 1. The van der Waals surface area contributed by atoms with Crippen molar-refractivity contribution >= 4 is 22.7 Å². The van der Waals surface area contributed by atoms with Crippen LogP contribution < -0.4 is 0 Å². The highest BCUT2D eigenvalue weighted by Crippen LogP contribution is 2.24. The van der Waals surface area contributed by atoms with E-state index in [4.69, 9.17) is 4.42 Å². The van der Waals surface area contributed by atoms with Crippen LogP contribution in [-0.2, 0) is 5.75 Å². The van der Waals surface area contributed by atoms with E-state index in [2.05, 4.69) is 0 Å². The Bertz CT molecular complexity index is 422. The first kappa shape index (κ1) is 8.63. The fourth-order valence-corrected chi connectivity index (χ4v) is 1.86. The van der Waals surface area contributed by atoms with E-state index in [1.165, 1.54) is 12.1 Å². The van der Waals surface area contributed by atoms with Crippen LogP contribution in [0, 0.1) is 5.82 Å². The highest BCUT2D eigenvalue weighted by molar-refractivity contribution is 7.97. The summed E-state index contributed by atoms with van der Waals surface area (Å²) in [6, 6.07) is 4.64. The number of fused-ring (bicyclic) bond motifs is 1. The van der Waals surface area contributed by atoms with Gasteiger partial charge in [0.05, 0.1) is 6.26 Å². The maximum atomic E-state index is 12.8. The first-order chi connectivity index (χ1) is 6.31. The van der Waals surface area contributed by atoms with E-state index in [9.17, 15) is 4.39 Å². The second kappa shape index (κ2) is 3.42. The Morgan fingerprint density at radius 2 is 2.31 bits per heavy atom. The highest BCUT2D eigenvalue weighted by Gasteiger charge is 2.05. The van der Waals surface area contributed by atoms with Crippen molar-refractivity contribution in [3.05, 3.63) is 35.8 Å². The van der Waals surface area contributed by atoms with Crippen molar-refractivity contribution in [2.75, 3.05) is 6.26 Å². The minimum atomic E-state index is -0.252. The Morgan fingerprint density at radius 1 is 1.46 bits per heavy atom. The number of hydrogen-bond acceptors (Lipinski definition) is 2. The van der Waals surface area contributed by atoms with Gasteiger partial charge in [-0.1, -0.05) is 0 Å². The molecule has 2 aromatic rings. The summed E-state index contributed by atoms with van der Waals surface area (Å²) in [6.07, 6.45) is 3.73. The van der Waals surface area contributed by atoms with E-state index in [1.807, 2.05) is 6.26 Å². The Morgan fingerprint density at radius 3 is 3.08 bits per heavy atom. The van der Waals surface area contributed by atoms with Gasteiger partial charge in [-0.3, -0.25) is 0 Å². The van der Waals surface area contributed by atoms with Crippen molar-refractivity contribution in [2.45, 2.75) is 5.75 Å². The summed E-state index contributed by atoms with van der Waals surface area (Å²) in [6.45, 7) is 0. The summed E-state index contributed by atoms with van der Waals surface area (Å²) in [7, 11) is 0. The van der Waals surface area contributed by atoms with Crippen molar-refractivity contribution in [3.8, 4) is 0 Å². The van der Waals surface area contributed by atoms with Crippen LogP contribution in [-0.4, -0.2) is 6.26 Å². The third-order valence-electron chi connectivity index (χ3n) is 1.92. The fourth-order valence-electron chi connectivity index (χ4n) is 1.32. The summed E-state index contributed by atoms with van der Waals surface area (Å²) in [5.41, 5.74) is 1.76. The molecule has 0 aliphatic rings. The summed E-state index contributed by atoms with van der Waals surface area (Å²) in [5.74, 6) is 0.649. The second-order valence-electron chi connectivity index (χ2n) is 2.83. The molecule has 0 amide bonds. The molecule has 1 nitrogen and oxygen atoms in total. The standard InChI is InChI=1S/C10H9FOS/c1-13-6-7-5-12-10-4-8(11)2-3-9(7)10/h2-5H,6H2,1H3. The monoisotopic (exact) mass is 196 g/mol. The molecule has 1 aromatic carbocycles. The number of thioether (sulfide) groups is 1. The lowest BCUT2D eigenvalue weighted by atomic mass is 10.2. The molecule has 0 aliphatic carbocycles. The molecule has 3 heteroatoms. The average molecular weight is 196 g/mol. The SMILES string of the molecule is CSCc1coc2cc(F)ccc12. The van der Waals surface area contributed by atoms with Crippen molar-refractivity contribution in [3.63, 3.8) is 0 Å². The maximum absolute atomic E-state index is 12.8. The molecule has 2 rings (SSSR count). The van der Waals surface area contributed by atoms with Crippen LogP contribution in [0.5, 0.6) is 0 Å². The topological polar surface area (TPSA) is 13.1 Å².